The van der Waals surface area contributed by atoms with Gasteiger partial charge in [-0.2, -0.15) is 0 Å². The number of hydrogen-bond acceptors (Lipinski definition) is 1. The molecule has 0 heterocycles. The molecule has 0 aliphatic carbocycles. The van der Waals surface area contributed by atoms with Crippen molar-refractivity contribution in [3.8, 4) is 0 Å². The number of alkyl halides is 1. The molecule has 0 aromatic heterocycles. The Morgan fingerprint density at radius 2 is 2.29 bits per heavy atom. The first kappa shape index (κ1) is 6.47. The molecule has 0 aromatic rings. The normalized spacial score (nSPS) is 10.4. The van der Waals surface area contributed by atoms with Gasteiger partial charge in [0.05, 0.1) is 6.67 Å². The lowest BCUT2D eigenvalue weighted by Gasteiger charge is -1.81. The maximum Gasteiger partial charge on any atom is 0.0897 e. The lowest BCUT2D eigenvalue weighted by atomic mass is 10.3. The van der Waals surface area contributed by atoms with Crippen LogP contribution in [0.1, 0.15) is 12.8 Å². The molecule has 0 fully saturated rings. The van der Waals surface area contributed by atoms with E-state index in [4.69, 9.17) is 5.73 Å². The molecule has 0 aliphatic heterocycles. The minimum atomic E-state index is -0.246. The zero-order valence-electron chi connectivity index (χ0n) is 4.23. The minimum Gasteiger partial charge on any atom is -0.405 e. The van der Waals surface area contributed by atoms with Crippen LogP contribution in [0, 0.1) is 0 Å². The van der Waals surface area contributed by atoms with Crippen LogP contribution in [0.5, 0.6) is 0 Å². The van der Waals surface area contributed by atoms with Crippen LogP contribution in [0.2, 0.25) is 0 Å². The lowest BCUT2D eigenvalue weighted by molar-refractivity contribution is 0.475. The Hall–Kier alpha value is -0.530. The van der Waals surface area contributed by atoms with Crippen LogP contribution in [-0.4, -0.2) is 6.67 Å². The molecule has 0 aromatic carbocycles. The molecule has 0 radical (unpaired) electrons. The number of nitrogens with two attached hydrogens (primary N) is 1. The first-order chi connectivity index (χ1) is 3.41. The van der Waals surface area contributed by atoms with Gasteiger partial charge in [-0.05, 0) is 19.0 Å². The van der Waals surface area contributed by atoms with Crippen molar-refractivity contribution in [3.63, 3.8) is 0 Å². The second-order valence-corrected chi connectivity index (χ2v) is 1.26. The van der Waals surface area contributed by atoms with Crippen molar-refractivity contribution in [3.05, 3.63) is 12.3 Å². The molecule has 0 aliphatic rings. The number of hydrogen-bond donors (Lipinski definition) is 1. The van der Waals surface area contributed by atoms with Crippen molar-refractivity contribution >= 4 is 0 Å². The SMILES string of the molecule is N/C=C/CCCF. The fourth-order valence-electron chi connectivity index (χ4n) is 0.291. The smallest absolute Gasteiger partial charge is 0.0897 e. The van der Waals surface area contributed by atoms with E-state index in [0.29, 0.717) is 6.42 Å². The topological polar surface area (TPSA) is 26.0 Å². The predicted octanol–water partition coefficient (Wildman–Crippen LogP) is 1.21. The van der Waals surface area contributed by atoms with Gasteiger partial charge in [0.25, 0.3) is 0 Å². The van der Waals surface area contributed by atoms with Gasteiger partial charge in [0.2, 0.25) is 0 Å². The molecule has 0 amide bonds. The summed E-state index contributed by atoms with van der Waals surface area (Å²) in [7, 11) is 0. The van der Waals surface area contributed by atoms with Gasteiger partial charge in [-0.1, -0.05) is 6.08 Å². The fraction of sp³-hybridized carbons (Fsp3) is 0.600. The van der Waals surface area contributed by atoms with Gasteiger partial charge in [-0.25, -0.2) is 0 Å². The molecule has 1 nitrogen and oxygen atoms in total. The van der Waals surface area contributed by atoms with Gasteiger partial charge in [0.1, 0.15) is 0 Å². The van der Waals surface area contributed by atoms with E-state index in [0.717, 1.165) is 6.42 Å². The first-order valence-electron chi connectivity index (χ1n) is 2.34. The van der Waals surface area contributed by atoms with Crippen LogP contribution in [0.4, 0.5) is 4.39 Å². The third kappa shape index (κ3) is 5.47. The number of unbranched alkanes of at least 4 members (excludes halogenated alkanes) is 1. The van der Waals surface area contributed by atoms with Crippen LogP contribution < -0.4 is 5.73 Å². The van der Waals surface area contributed by atoms with Gasteiger partial charge in [-0.3, -0.25) is 4.39 Å². The molecule has 0 spiro atoms. The Balaban J connectivity index is 2.69. The summed E-state index contributed by atoms with van der Waals surface area (Å²) in [4.78, 5) is 0. The van der Waals surface area contributed by atoms with Gasteiger partial charge in [0.15, 0.2) is 0 Å². The van der Waals surface area contributed by atoms with Crippen molar-refractivity contribution in [2.24, 2.45) is 5.73 Å². The predicted molar refractivity (Wildman–Crippen MR) is 28.5 cm³/mol. The van der Waals surface area contributed by atoms with E-state index in [-0.39, 0.29) is 6.67 Å². The van der Waals surface area contributed by atoms with Gasteiger partial charge in [0, 0.05) is 0 Å². The van der Waals surface area contributed by atoms with E-state index in [1.165, 1.54) is 6.20 Å². The highest BCUT2D eigenvalue weighted by atomic mass is 19.1. The monoisotopic (exact) mass is 103 g/mol. The molecule has 7 heavy (non-hydrogen) atoms. The van der Waals surface area contributed by atoms with E-state index >= 15 is 0 Å². The van der Waals surface area contributed by atoms with Crippen molar-refractivity contribution in [2.75, 3.05) is 6.67 Å². The second-order valence-electron chi connectivity index (χ2n) is 1.26. The molecule has 2 heteroatoms. The third-order valence-electron chi connectivity index (χ3n) is 0.641. The lowest BCUT2D eigenvalue weighted by Crippen LogP contribution is -1.77. The van der Waals surface area contributed by atoms with E-state index in [2.05, 4.69) is 0 Å². The molecule has 0 atom stereocenters. The Morgan fingerprint density at radius 1 is 1.57 bits per heavy atom. The maximum atomic E-state index is 11.2. The standard InChI is InChI=1S/C5H10FN/c6-4-2-1-3-5-7/h3,5H,1-2,4,7H2/b5-3+. The number of halogens is 1. The summed E-state index contributed by atoms with van der Waals surface area (Å²) < 4.78 is 11.2. The van der Waals surface area contributed by atoms with Gasteiger partial charge in [-0.15, -0.1) is 0 Å². The van der Waals surface area contributed by atoms with E-state index in [1.54, 1.807) is 6.08 Å². The Bertz CT molecular complexity index is 52.0. The Morgan fingerprint density at radius 3 is 2.71 bits per heavy atom. The molecular weight excluding hydrogens is 93.1 g/mol. The summed E-state index contributed by atoms with van der Waals surface area (Å²) in [6.07, 6.45) is 4.54. The molecule has 0 saturated carbocycles. The van der Waals surface area contributed by atoms with Crippen LogP contribution in [0.3, 0.4) is 0 Å². The molecule has 0 rings (SSSR count). The summed E-state index contributed by atoms with van der Waals surface area (Å²) in [6, 6.07) is 0. The van der Waals surface area contributed by atoms with Crippen LogP contribution in [-0.2, 0) is 0 Å². The highest BCUT2D eigenvalue weighted by Gasteiger charge is 1.76. The molecule has 2 N–H and O–H groups in total. The Kier molecular flexibility index (Phi) is 5.06. The summed E-state index contributed by atoms with van der Waals surface area (Å²) in [5, 5.41) is 0. The fourth-order valence-corrected chi connectivity index (χ4v) is 0.291. The largest absolute Gasteiger partial charge is 0.405 e. The summed E-state index contributed by atoms with van der Waals surface area (Å²) in [5.74, 6) is 0. The maximum absolute atomic E-state index is 11.2. The third-order valence-corrected chi connectivity index (χ3v) is 0.641. The van der Waals surface area contributed by atoms with Crippen LogP contribution >= 0.6 is 0 Å². The van der Waals surface area contributed by atoms with E-state index < -0.39 is 0 Å². The molecule has 42 valence electrons. The molecule has 0 bridgehead atoms. The van der Waals surface area contributed by atoms with Gasteiger partial charge < -0.3 is 5.73 Å². The molecule has 0 unspecified atom stereocenters. The average molecular weight is 103 g/mol. The van der Waals surface area contributed by atoms with Crippen molar-refractivity contribution in [2.45, 2.75) is 12.8 Å². The first-order valence-corrected chi connectivity index (χ1v) is 2.34. The minimum absolute atomic E-state index is 0.246. The van der Waals surface area contributed by atoms with Crippen molar-refractivity contribution < 1.29 is 4.39 Å². The highest BCUT2D eigenvalue weighted by Crippen LogP contribution is 1.88. The van der Waals surface area contributed by atoms with Gasteiger partial charge >= 0.3 is 0 Å². The Labute approximate surface area is 43.0 Å². The highest BCUT2D eigenvalue weighted by molar-refractivity contribution is 4.74. The summed E-state index contributed by atoms with van der Waals surface area (Å²) in [6.45, 7) is -0.246. The van der Waals surface area contributed by atoms with Crippen molar-refractivity contribution in [1.29, 1.82) is 0 Å². The van der Waals surface area contributed by atoms with Crippen LogP contribution in [0.25, 0.3) is 0 Å². The second kappa shape index (κ2) is 5.47. The zero-order chi connectivity index (χ0) is 5.54. The van der Waals surface area contributed by atoms with Crippen LogP contribution in [0.15, 0.2) is 12.3 Å². The number of allylic oxidation sites excluding steroid dienone is 1. The summed E-state index contributed by atoms with van der Waals surface area (Å²) >= 11 is 0. The van der Waals surface area contributed by atoms with Crippen molar-refractivity contribution in [1.82, 2.24) is 0 Å². The average Bonchev–Trinajstić information content (AvgIpc) is 1.69. The number of rotatable bonds is 3. The van der Waals surface area contributed by atoms with E-state index in [1.807, 2.05) is 0 Å². The summed E-state index contributed by atoms with van der Waals surface area (Å²) in [5.41, 5.74) is 4.97. The van der Waals surface area contributed by atoms with E-state index in [9.17, 15) is 4.39 Å². The quantitative estimate of drug-likeness (QED) is 0.534. The molecular formula is C5H10FN. The zero-order valence-corrected chi connectivity index (χ0v) is 4.23. The molecule has 0 saturated heterocycles.